The lowest BCUT2D eigenvalue weighted by Gasteiger charge is -2.29. The molecule has 3 heterocycles. The minimum absolute atomic E-state index is 0.0338. The number of hydrogen-bond donors (Lipinski definition) is 3. The SMILES string of the molecule is N#CC[C@@H]1CN[C@H](CONC(=O)[C@@H]2CC[C@@H]3CN2C(=O)N3OS(=O)(=O)O)C1. The van der Waals surface area contributed by atoms with Crippen molar-refractivity contribution in [3.8, 4) is 6.07 Å². The molecular weight excluding hydrogens is 382 g/mol. The van der Waals surface area contributed by atoms with Crippen LogP contribution in [-0.2, 0) is 24.3 Å². The van der Waals surface area contributed by atoms with Gasteiger partial charge in [0.2, 0.25) is 0 Å². The summed E-state index contributed by atoms with van der Waals surface area (Å²) in [6, 6.07) is -0.00124. The van der Waals surface area contributed by atoms with Gasteiger partial charge in [0.25, 0.3) is 5.91 Å². The fourth-order valence-electron chi connectivity index (χ4n) is 3.70. The number of fused-ring (bicyclic) bond motifs is 2. The number of hydroxylamine groups is 3. The molecule has 3 saturated heterocycles. The topological polar surface area (TPSA) is 161 Å². The van der Waals surface area contributed by atoms with Crippen LogP contribution >= 0.6 is 0 Å². The van der Waals surface area contributed by atoms with Crippen LogP contribution in [0.5, 0.6) is 0 Å². The van der Waals surface area contributed by atoms with E-state index in [9.17, 15) is 18.0 Å². The largest absolute Gasteiger partial charge is 0.418 e. The van der Waals surface area contributed by atoms with E-state index < -0.39 is 34.4 Å². The summed E-state index contributed by atoms with van der Waals surface area (Å²) in [7, 11) is -4.82. The third kappa shape index (κ3) is 4.66. The van der Waals surface area contributed by atoms with Crippen LogP contribution in [0.1, 0.15) is 25.7 Å². The molecule has 3 aliphatic rings. The summed E-state index contributed by atoms with van der Waals surface area (Å²) in [4.78, 5) is 31.0. The zero-order valence-corrected chi connectivity index (χ0v) is 15.2. The second kappa shape index (κ2) is 7.95. The Hall–Kier alpha value is -1.98. The predicted molar refractivity (Wildman–Crippen MR) is 87.6 cm³/mol. The van der Waals surface area contributed by atoms with E-state index in [4.69, 9.17) is 14.7 Å². The molecule has 27 heavy (non-hydrogen) atoms. The van der Waals surface area contributed by atoms with Crippen molar-refractivity contribution in [1.82, 2.24) is 20.8 Å². The summed E-state index contributed by atoms with van der Waals surface area (Å²) in [5.41, 5.74) is 2.33. The molecule has 3 N–H and O–H groups in total. The van der Waals surface area contributed by atoms with E-state index >= 15 is 0 Å². The van der Waals surface area contributed by atoms with Crippen molar-refractivity contribution < 1.29 is 31.7 Å². The lowest BCUT2D eigenvalue weighted by atomic mass is 10.0. The first-order valence-corrected chi connectivity index (χ1v) is 9.94. The van der Waals surface area contributed by atoms with Crippen LogP contribution in [0.4, 0.5) is 4.79 Å². The summed E-state index contributed by atoms with van der Waals surface area (Å²) < 4.78 is 34.8. The van der Waals surface area contributed by atoms with Gasteiger partial charge in [0, 0.05) is 19.0 Å². The summed E-state index contributed by atoms with van der Waals surface area (Å²) in [6.45, 7) is 1.08. The molecule has 3 rings (SSSR count). The molecule has 0 saturated carbocycles. The van der Waals surface area contributed by atoms with Crippen molar-refractivity contribution in [2.45, 2.75) is 43.8 Å². The molecule has 3 fully saturated rings. The van der Waals surface area contributed by atoms with Crippen LogP contribution in [0.15, 0.2) is 0 Å². The molecule has 13 heteroatoms. The number of nitriles is 1. The molecule has 3 aliphatic heterocycles. The first-order chi connectivity index (χ1) is 12.8. The summed E-state index contributed by atoms with van der Waals surface area (Å²) >= 11 is 0. The molecule has 0 aliphatic carbocycles. The molecule has 12 nitrogen and oxygen atoms in total. The minimum Gasteiger partial charge on any atom is -0.311 e. The molecule has 150 valence electrons. The molecule has 2 bridgehead atoms. The Morgan fingerprint density at radius 3 is 2.93 bits per heavy atom. The Morgan fingerprint density at radius 2 is 2.22 bits per heavy atom. The van der Waals surface area contributed by atoms with Gasteiger partial charge < -0.3 is 10.2 Å². The summed E-state index contributed by atoms with van der Waals surface area (Å²) in [6.07, 6.45) is 1.90. The third-order valence-electron chi connectivity index (χ3n) is 4.95. The Morgan fingerprint density at radius 1 is 1.44 bits per heavy atom. The van der Waals surface area contributed by atoms with Gasteiger partial charge in [0.15, 0.2) is 0 Å². The number of urea groups is 1. The van der Waals surface area contributed by atoms with Crippen molar-refractivity contribution in [1.29, 1.82) is 5.26 Å². The van der Waals surface area contributed by atoms with Crippen molar-refractivity contribution in [3.05, 3.63) is 0 Å². The second-order valence-corrected chi connectivity index (χ2v) is 7.86. The van der Waals surface area contributed by atoms with Crippen molar-refractivity contribution in [2.24, 2.45) is 5.92 Å². The Bertz CT molecular complexity index is 739. The van der Waals surface area contributed by atoms with Gasteiger partial charge in [-0.2, -0.15) is 18.7 Å². The van der Waals surface area contributed by atoms with Gasteiger partial charge in [0.1, 0.15) is 6.04 Å². The number of amides is 3. The number of carbonyl (C=O) groups excluding carboxylic acids is 2. The Balaban J connectivity index is 1.47. The molecule has 0 spiro atoms. The summed E-state index contributed by atoms with van der Waals surface area (Å²) in [5.74, 6) is -0.243. The van der Waals surface area contributed by atoms with Crippen molar-refractivity contribution >= 4 is 22.3 Å². The average molecular weight is 403 g/mol. The van der Waals surface area contributed by atoms with Gasteiger partial charge in [-0.15, -0.1) is 4.28 Å². The number of nitrogens with one attached hydrogen (secondary N) is 2. The third-order valence-corrected chi connectivity index (χ3v) is 5.30. The van der Waals surface area contributed by atoms with Crippen LogP contribution < -0.4 is 10.8 Å². The second-order valence-electron chi connectivity index (χ2n) is 6.86. The number of hydrogen-bond acceptors (Lipinski definition) is 8. The van der Waals surface area contributed by atoms with Crippen LogP contribution in [0.25, 0.3) is 0 Å². The van der Waals surface area contributed by atoms with Crippen LogP contribution in [0, 0.1) is 17.2 Å². The standard InChI is InChI=1S/C14H21N5O7S/c15-4-3-9-5-10(16-6-9)8-25-17-13(20)12-2-1-11-7-18(12)14(21)19(11)26-27(22,23)24/h9-12,16H,1-3,5-8H2,(H,17,20)(H,22,23,24)/t9-,10-,11+,12-/m0/s1. The van der Waals surface area contributed by atoms with Gasteiger partial charge in [-0.3, -0.25) is 14.2 Å². The van der Waals surface area contributed by atoms with E-state index in [0.29, 0.717) is 24.3 Å². The van der Waals surface area contributed by atoms with E-state index in [1.807, 2.05) is 0 Å². The normalized spacial score (nSPS) is 30.4. The molecule has 3 amide bonds. The van der Waals surface area contributed by atoms with Gasteiger partial charge in [-0.25, -0.2) is 10.3 Å². The first-order valence-electron chi connectivity index (χ1n) is 8.57. The van der Waals surface area contributed by atoms with Gasteiger partial charge in [-0.1, -0.05) is 0 Å². The molecule has 0 unspecified atom stereocenters. The molecule has 0 radical (unpaired) electrons. The maximum Gasteiger partial charge on any atom is 0.418 e. The van der Waals surface area contributed by atoms with E-state index in [2.05, 4.69) is 21.1 Å². The van der Waals surface area contributed by atoms with E-state index in [1.165, 1.54) is 4.90 Å². The maximum atomic E-state index is 12.3. The smallest absolute Gasteiger partial charge is 0.311 e. The quantitative estimate of drug-likeness (QED) is 0.355. The van der Waals surface area contributed by atoms with E-state index in [-0.39, 0.29) is 25.1 Å². The van der Waals surface area contributed by atoms with Crippen molar-refractivity contribution in [3.63, 3.8) is 0 Å². The minimum atomic E-state index is -4.82. The fraction of sp³-hybridized carbons (Fsp3) is 0.786. The van der Waals surface area contributed by atoms with Crippen LogP contribution in [0.2, 0.25) is 0 Å². The van der Waals surface area contributed by atoms with Crippen LogP contribution in [-0.4, -0.2) is 72.7 Å². The highest BCUT2D eigenvalue weighted by Crippen LogP contribution is 2.30. The van der Waals surface area contributed by atoms with Gasteiger partial charge >= 0.3 is 16.4 Å². The molecule has 0 aromatic carbocycles. The average Bonchev–Trinajstić information content (AvgIpc) is 3.13. The molecular formula is C14H21N5O7S. The highest BCUT2D eigenvalue weighted by molar-refractivity contribution is 7.80. The number of piperidine rings is 1. The lowest BCUT2D eigenvalue weighted by molar-refractivity contribution is -0.139. The molecule has 4 atom stereocenters. The maximum absolute atomic E-state index is 12.3. The van der Waals surface area contributed by atoms with Crippen LogP contribution in [0.3, 0.4) is 0 Å². The highest BCUT2D eigenvalue weighted by atomic mass is 32.3. The first kappa shape index (κ1) is 19.8. The lowest BCUT2D eigenvalue weighted by Crippen LogP contribution is -2.50. The summed E-state index contributed by atoms with van der Waals surface area (Å²) in [5, 5.41) is 12.5. The monoisotopic (exact) mass is 403 g/mol. The number of nitrogens with zero attached hydrogens (tertiary/aromatic N) is 3. The van der Waals surface area contributed by atoms with Crippen molar-refractivity contribution in [2.75, 3.05) is 19.7 Å². The fourth-order valence-corrected chi connectivity index (χ4v) is 4.09. The van der Waals surface area contributed by atoms with Gasteiger partial charge in [0.05, 0.1) is 18.7 Å². The Kier molecular flexibility index (Phi) is 5.82. The molecule has 0 aromatic rings. The van der Waals surface area contributed by atoms with E-state index in [1.54, 1.807) is 0 Å². The Labute approximate surface area is 156 Å². The van der Waals surface area contributed by atoms with Gasteiger partial charge in [-0.05, 0) is 31.7 Å². The number of rotatable bonds is 7. The molecule has 0 aromatic heterocycles. The zero-order valence-electron chi connectivity index (χ0n) is 14.4. The number of carbonyl (C=O) groups is 2. The zero-order chi connectivity index (χ0) is 19.6. The highest BCUT2D eigenvalue weighted by Gasteiger charge is 2.49. The van der Waals surface area contributed by atoms with E-state index in [0.717, 1.165) is 13.0 Å². The predicted octanol–water partition coefficient (Wildman–Crippen LogP) is -1.07.